The number of carbonyl (C=O) groups is 1. The summed E-state index contributed by atoms with van der Waals surface area (Å²) in [6.45, 7) is 0.773. The predicted octanol–water partition coefficient (Wildman–Crippen LogP) is 3.35. The monoisotopic (exact) mass is 287 g/mol. The average Bonchev–Trinajstić information content (AvgIpc) is 2.78. The van der Waals surface area contributed by atoms with Crippen LogP contribution in [-0.4, -0.2) is 30.5 Å². The second kappa shape index (κ2) is 6.50. The molecule has 1 aliphatic heterocycles. The summed E-state index contributed by atoms with van der Waals surface area (Å²) in [7, 11) is 1.98. The molecule has 0 radical (unpaired) electrons. The first kappa shape index (κ1) is 14.4. The first-order valence-electron chi connectivity index (χ1n) is 8.24. The molecule has 2 aliphatic rings. The first-order valence-corrected chi connectivity index (χ1v) is 8.24. The maximum absolute atomic E-state index is 12.5. The number of ether oxygens (including phenoxy) is 1. The number of rotatable bonds is 3. The molecule has 1 aromatic rings. The number of benzene rings is 1. The maximum atomic E-state index is 12.5. The molecule has 0 N–H and O–H groups in total. The molecule has 21 heavy (non-hydrogen) atoms. The zero-order valence-corrected chi connectivity index (χ0v) is 12.9. The van der Waals surface area contributed by atoms with Crippen LogP contribution in [0.15, 0.2) is 18.2 Å². The van der Waals surface area contributed by atoms with Gasteiger partial charge in [-0.05, 0) is 30.0 Å². The molecular weight excluding hydrogens is 262 g/mol. The van der Waals surface area contributed by atoms with E-state index in [4.69, 9.17) is 4.74 Å². The van der Waals surface area contributed by atoms with E-state index in [9.17, 15) is 4.79 Å². The molecule has 1 fully saturated rings. The Bertz CT molecular complexity index is 504. The molecule has 1 aromatic carbocycles. The second-order valence-corrected chi connectivity index (χ2v) is 6.37. The van der Waals surface area contributed by atoms with Crippen molar-refractivity contribution < 1.29 is 9.53 Å². The van der Waals surface area contributed by atoms with Gasteiger partial charge in [-0.1, -0.05) is 37.8 Å². The van der Waals surface area contributed by atoms with Crippen LogP contribution in [0.25, 0.3) is 0 Å². The van der Waals surface area contributed by atoms with Crippen LogP contribution in [0.5, 0.6) is 5.75 Å². The van der Waals surface area contributed by atoms with E-state index < -0.39 is 0 Å². The van der Waals surface area contributed by atoms with Crippen LogP contribution in [0.1, 0.15) is 49.7 Å². The van der Waals surface area contributed by atoms with Gasteiger partial charge in [-0.2, -0.15) is 0 Å². The van der Waals surface area contributed by atoms with E-state index in [0.717, 1.165) is 24.3 Å². The Kier molecular flexibility index (Phi) is 4.47. The molecule has 3 rings (SSSR count). The predicted molar refractivity (Wildman–Crippen MR) is 83.6 cm³/mol. The molecule has 0 unspecified atom stereocenters. The molecule has 0 aromatic heterocycles. The van der Waals surface area contributed by atoms with Gasteiger partial charge in [0.2, 0.25) is 5.91 Å². The minimum absolute atomic E-state index is 0.251. The summed E-state index contributed by atoms with van der Waals surface area (Å²) in [4.78, 5) is 14.5. The van der Waals surface area contributed by atoms with Gasteiger partial charge in [-0.15, -0.1) is 0 Å². The summed E-state index contributed by atoms with van der Waals surface area (Å²) in [6, 6.07) is 6.62. The van der Waals surface area contributed by atoms with Crippen LogP contribution in [0, 0.1) is 0 Å². The maximum Gasteiger partial charge on any atom is 0.226 e. The SMILES string of the molecule is CN(C(=O)Cc1ccc2c(c1)CCO2)C1CCCCCC1. The topological polar surface area (TPSA) is 29.5 Å². The highest BCUT2D eigenvalue weighted by Gasteiger charge is 2.21. The van der Waals surface area contributed by atoms with Gasteiger partial charge in [0.05, 0.1) is 13.0 Å². The lowest BCUT2D eigenvalue weighted by Gasteiger charge is -2.27. The van der Waals surface area contributed by atoms with Crippen LogP contribution >= 0.6 is 0 Å². The van der Waals surface area contributed by atoms with Crippen LogP contribution in [-0.2, 0) is 17.6 Å². The molecular formula is C18H25NO2. The number of hydrogen-bond acceptors (Lipinski definition) is 2. The second-order valence-electron chi connectivity index (χ2n) is 6.37. The van der Waals surface area contributed by atoms with E-state index in [1.54, 1.807) is 0 Å². The lowest BCUT2D eigenvalue weighted by Crippen LogP contribution is -2.37. The highest BCUT2D eigenvalue weighted by Crippen LogP contribution is 2.26. The van der Waals surface area contributed by atoms with E-state index in [-0.39, 0.29) is 5.91 Å². The van der Waals surface area contributed by atoms with Gasteiger partial charge in [-0.25, -0.2) is 0 Å². The molecule has 1 heterocycles. The third-order valence-corrected chi connectivity index (χ3v) is 4.88. The Morgan fingerprint density at radius 1 is 1.24 bits per heavy atom. The van der Waals surface area contributed by atoms with Crippen LogP contribution in [0.3, 0.4) is 0 Å². The number of amides is 1. The molecule has 1 aliphatic carbocycles. The molecule has 0 atom stereocenters. The summed E-state index contributed by atoms with van der Waals surface area (Å²) in [5.74, 6) is 1.24. The summed E-state index contributed by atoms with van der Waals surface area (Å²) in [5, 5.41) is 0. The van der Waals surface area contributed by atoms with Crippen LogP contribution < -0.4 is 4.74 Å². The first-order chi connectivity index (χ1) is 10.2. The number of likely N-dealkylation sites (N-methyl/N-ethyl adjacent to an activating group) is 1. The van der Waals surface area contributed by atoms with E-state index in [1.165, 1.54) is 44.1 Å². The smallest absolute Gasteiger partial charge is 0.226 e. The number of nitrogens with zero attached hydrogens (tertiary/aromatic N) is 1. The molecule has 1 saturated carbocycles. The van der Waals surface area contributed by atoms with Crippen molar-refractivity contribution in [1.29, 1.82) is 0 Å². The molecule has 1 amide bonds. The van der Waals surface area contributed by atoms with E-state index in [1.807, 2.05) is 24.1 Å². The fourth-order valence-corrected chi connectivity index (χ4v) is 3.50. The lowest BCUT2D eigenvalue weighted by molar-refractivity contribution is -0.131. The lowest BCUT2D eigenvalue weighted by atomic mass is 10.0. The van der Waals surface area contributed by atoms with Crippen molar-refractivity contribution in [3.05, 3.63) is 29.3 Å². The van der Waals surface area contributed by atoms with Gasteiger partial charge in [0.1, 0.15) is 5.75 Å². The summed E-state index contributed by atoms with van der Waals surface area (Å²) in [6.07, 6.45) is 8.99. The number of carbonyl (C=O) groups excluding carboxylic acids is 1. The Labute approximate surface area is 127 Å². The van der Waals surface area contributed by atoms with Gasteiger partial charge in [0.25, 0.3) is 0 Å². The van der Waals surface area contributed by atoms with Crippen molar-refractivity contribution in [2.24, 2.45) is 0 Å². The number of hydrogen-bond donors (Lipinski definition) is 0. The zero-order valence-electron chi connectivity index (χ0n) is 12.9. The minimum Gasteiger partial charge on any atom is -0.493 e. The van der Waals surface area contributed by atoms with Gasteiger partial charge < -0.3 is 9.64 Å². The fraction of sp³-hybridized carbons (Fsp3) is 0.611. The van der Waals surface area contributed by atoms with E-state index >= 15 is 0 Å². The molecule has 0 spiro atoms. The summed E-state index contributed by atoms with van der Waals surface area (Å²) < 4.78 is 5.52. The quantitative estimate of drug-likeness (QED) is 0.798. The third-order valence-electron chi connectivity index (χ3n) is 4.88. The average molecular weight is 287 g/mol. The highest BCUT2D eigenvalue weighted by atomic mass is 16.5. The minimum atomic E-state index is 0.251. The Balaban J connectivity index is 1.62. The molecule has 0 bridgehead atoms. The van der Waals surface area contributed by atoms with Crippen molar-refractivity contribution in [1.82, 2.24) is 4.90 Å². The van der Waals surface area contributed by atoms with Crippen molar-refractivity contribution in [3.63, 3.8) is 0 Å². The Hall–Kier alpha value is -1.51. The number of fused-ring (bicyclic) bond motifs is 1. The summed E-state index contributed by atoms with van der Waals surface area (Å²) in [5.41, 5.74) is 2.36. The Morgan fingerprint density at radius 3 is 2.76 bits per heavy atom. The Morgan fingerprint density at radius 2 is 2.00 bits per heavy atom. The van der Waals surface area contributed by atoms with Crippen molar-refractivity contribution in [2.45, 2.75) is 57.4 Å². The van der Waals surface area contributed by atoms with Crippen molar-refractivity contribution in [3.8, 4) is 5.75 Å². The molecule has 3 heteroatoms. The van der Waals surface area contributed by atoms with E-state index in [2.05, 4.69) is 6.07 Å². The van der Waals surface area contributed by atoms with Gasteiger partial charge >= 0.3 is 0 Å². The molecule has 3 nitrogen and oxygen atoms in total. The van der Waals surface area contributed by atoms with Crippen molar-refractivity contribution in [2.75, 3.05) is 13.7 Å². The molecule has 114 valence electrons. The standard InChI is InChI=1S/C18H25NO2/c1-19(16-6-4-2-3-5-7-16)18(20)13-14-8-9-17-15(12-14)10-11-21-17/h8-9,12,16H,2-7,10-11,13H2,1H3. The normalized spacial score (nSPS) is 18.7. The van der Waals surface area contributed by atoms with Gasteiger partial charge in [0.15, 0.2) is 0 Å². The van der Waals surface area contributed by atoms with Crippen molar-refractivity contribution >= 4 is 5.91 Å². The largest absolute Gasteiger partial charge is 0.493 e. The fourth-order valence-electron chi connectivity index (χ4n) is 3.50. The van der Waals surface area contributed by atoms with Crippen LogP contribution in [0.4, 0.5) is 0 Å². The molecule has 0 saturated heterocycles. The highest BCUT2D eigenvalue weighted by molar-refractivity contribution is 5.79. The van der Waals surface area contributed by atoms with Gasteiger partial charge in [0, 0.05) is 19.5 Å². The third kappa shape index (κ3) is 3.39. The van der Waals surface area contributed by atoms with Crippen LogP contribution in [0.2, 0.25) is 0 Å². The van der Waals surface area contributed by atoms with Gasteiger partial charge in [-0.3, -0.25) is 4.79 Å². The summed E-state index contributed by atoms with van der Waals surface area (Å²) >= 11 is 0. The zero-order chi connectivity index (χ0) is 14.7. The van der Waals surface area contributed by atoms with E-state index in [0.29, 0.717) is 12.5 Å².